The number of aromatic hydroxyl groups is 2. The quantitative estimate of drug-likeness (QED) is 0.0699. The number of hydrogen-bond donors (Lipinski definition) is 5. The average Bonchev–Trinajstić information content (AvgIpc) is 3.10. The molecule has 2 aliphatic carbocycles. The van der Waals surface area contributed by atoms with Crippen molar-refractivity contribution in [2.45, 2.75) is 82.6 Å². The van der Waals surface area contributed by atoms with Crippen molar-refractivity contribution in [1.82, 2.24) is 4.90 Å². The average molecular weight is 782 g/mol. The lowest BCUT2D eigenvalue weighted by Crippen LogP contribution is -2.55. The van der Waals surface area contributed by atoms with Crippen molar-refractivity contribution >= 4 is 41.7 Å². The number of ether oxygens (including phenoxy) is 6. The van der Waals surface area contributed by atoms with Crippen LogP contribution in [0.1, 0.15) is 82.7 Å². The Kier molecular flexibility index (Phi) is 13.5. The number of nitrogens with zero attached hydrogens (tertiary/aromatic N) is 1. The van der Waals surface area contributed by atoms with E-state index in [0.29, 0.717) is 0 Å². The van der Waals surface area contributed by atoms with Gasteiger partial charge in [-0.1, -0.05) is 12.1 Å². The smallest absolute Gasteiger partial charge is 0.305 e. The van der Waals surface area contributed by atoms with Crippen molar-refractivity contribution in [3.8, 4) is 17.2 Å². The third-order valence-corrected chi connectivity index (χ3v) is 9.73. The normalized spacial score (nSPS) is 24.6. The number of rotatable bonds is 13. The molecule has 296 valence electrons. The number of aliphatic hydroxyl groups is 3. The fraction of sp³-hybridized carbons (Fsp3) is 0.528. The van der Waals surface area contributed by atoms with E-state index in [1.54, 1.807) is 18.9 Å². The second-order valence-electron chi connectivity index (χ2n) is 13.3. The first-order chi connectivity index (χ1) is 25.0. The van der Waals surface area contributed by atoms with Gasteiger partial charge in [0.15, 0.2) is 17.9 Å². The van der Waals surface area contributed by atoms with Crippen LogP contribution < -0.4 is 4.74 Å². The highest BCUT2D eigenvalue weighted by molar-refractivity contribution is 6.31. The van der Waals surface area contributed by atoms with Crippen LogP contribution in [0.2, 0.25) is 0 Å². The molecule has 6 atom stereocenters. The van der Waals surface area contributed by atoms with Crippen LogP contribution in [0.25, 0.3) is 0 Å². The van der Waals surface area contributed by atoms with Gasteiger partial charge in [-0.15, -0.1) is 12.4 Å². The summed E-state index contributed by atoms with van der Waals surface area (Å²) in [6.45, 7) is 2.88. The van der Waals surface area contributed by atoms with E-state index in [2.05, 4.69) is 0 Å². The maximum absolute atomic E-state index is 13.9. The maximum atomic E-state index is 13.9. The summed E-state index contributed by atoms with van der Waals surface area (Å²) in [6.07, 6.45) is -6.85. The van der Waals surface area contributed by atoms with Gasteiger partial charge in [0.1, 0.15) is 36.1 Å². The fourth-order valence-electron chi connectivity index (χ4n) is 7.15. The molecule has 5 unspecified atom stereocenters. The van der Waals surface area contributed by atoms with Crippen molar-refractivity contribution < 1.29 is 77.9 Å². The second-order valence-corrected chi connectivity index (χ2v) is 13.3. The summed E-state index contributed by atoms with van der Waals surface area (Å²) in [7, 11) is 3.00. The second kappa shape index (κ2) is 17.1. The van der Waals surface area contributed by atoms with Gasteiger partial charge < -0.3 is 54.0 Å². The number of phenolic OH excluding ortho intramolecular Hbond substituents is 2. The number of methoxy groups -OCH3 is 1. The lowest BCUT2D eigenvalue weighted by atomic mass is 9.72. The number of fused-ring (bicyclic) bond motifs is 3. The van der Waals surface area contributed by atoms with Crippen molar-refractivity contribution in [1.29, 1.82) is 0 Å². The van der Waals surface area contributed by atoms with E-state index in [4.69, 9.17) is 28.4 Å². The first-order valence-electron chi connectivity index (χ1n) is 16.9. The molecule has 1 saturated heterocycles. The molecule has 0 aromatic heterocycles. The highest BCUT2D eigenvalue weighted by Gasteiger charge is 2.50. The number of phenols is 2. The first-order valence-corrected chi connectivity index (χ1v) is 16.9. The van der Waals surface area contributed by atoms with Crippen LogP contribution in [-0.2, 0) is 44.5 Å². The molecule has 1 aliphatic heterocycles. The lowest BCUT2D eigenvalue weighted by Gasteiger charge is -2.44. The predicted octanol–water partition coefficient (Wildman–Crippen LogP) is 0.865. The standard InChI is InChI=1S/C36H43NO16.ClH/c1-16-31(42)21(37(4)9-10-49-15-26(51-17(2)39)52-18(3)40)11-25(50-16)53-23-13-36(47,24(41)14-38)12-20-28(23)35(46)30-29(33(20)44)32(43)19-7-6-8-22(48-5)27(19)34(30)45;/h6-8,16,21,23,25-26,31,38,42,44,46-47H,9-15H2,1-5H3;1H/t16?,21?,23?,25?,31?,36-;/m0./s1. The Balaban J connectivity index is 0.00000650. The van der Waals surface area contributed by atoms with E-state index in [0.717, 1.165) is 13.8 Å². The zero-order chi connectivity index (χ0) is 38.9. The summed E-state index contributed by atoms with van der Waals surface area (Å²) in [5, 5.41) is 55.7. The minimum absolute atomic E-state index is 0. The van der Waals surface area contributed by atoms with E-state index in [1.807, 2.05) is 0 Å². The van der Waals surface area contributed by atoms with Crippen LogP contribution in [0.3, 0.4) is 0 Å². The number of Topliss-reactive ketones (excluding diaryl/α,β-unsaturated/α-hetero) is 1. The number of carbonyl (C=O) groups excluding carboxylic acids is 5. The minimum atomic E-state index is -2.32. The monoisotopic (exact) mass is 781 g/mol. The zero-order valence-corrected chi connectivity index (χ0v) is 31.0. The van der Waals surface area contributed by atoms with Gasteiger partial charge in [0, 0.05) is 62.4 Å². The van der Waals surface area contributed by atoms with E-state index in [9.17, 15) is 49.5 Å². The molecule has 1 heterocycles. The van der Waals surface area contributed by atoms with Crippen molar-refractivity contribution in [2.75, 3.05) is 40.5 Å². The van der Waals surface area contributed by atoms with Crippen molar-refractivity contribution in [2.24, 2.45) is 0 Å². The predicted molar refractivity (Wildman–Crippen MR) is 186 cm³/mol. The van der Waals surface area contributed by atoms with E-state index >= 15 is 0 Å². The summed E-state index contributed by atoms with van der Waals surface area (Å²) in [6, 6.07) is 3.69. The number of aliphatic hydroxyl groups excluding tert-OH is 2. The molecule has 1 fully saturated rings. The van der Waals surface area contributed by atoms with Crippen LogP contribution in [0.4, 0.5) is 0 Å². The van der Waals surface area contributed by atoms with Crippen LogP contribution in [0, 0.1) is 0 Å². The lowest BCUT2D eigenvalue weighted by molar-refractivity contribution is -0.258. The third-order valence-electron chi connectivity index (χ3n) is 9.73. The molecule has 5 rings (SSSR count). The molecule has 0 radical (unpaired) electrons. The summed E-state index contributed by atoms with van der Waals surface area (Å²) in [5.74, 6) is -5.35. The number of carbonyl (C=O) groups is 5. The Morgan fingerprint density at radius 1 is 1.04 bits per heavy atom. The third kappa shape index (κ3) is 8.23. The van der Waals surface area contributed by atoms with Gasteiger partial charge >= 0.3 is 11.9 Å². The Morgan fingerprint density at radius 3 is 2.30 bits per heavy atom. The van der Waals surface area contributed by atoms with E-state index < -0.39 is 114 Å². The van der Waals surface area contributed by atoms with Crippen LogP contribution in [0.5, 0.6) is 17.2 Å². The van der Waals surface area contributed by atoms with Gasteiger partial charge in [-0.25, -0.2) is 0 Å². The molecule has 0 amide bonds. The molecule has 2 aromatic rings. The van der Waals surface area contributed by atoms with Gasteiger partial charge in [-0.05, 0) is 20.0 Å². The van der Waals surface area contributed by atoms with Gasteiger partial charge in [0.05, 0.1) is 48.7 Å². The number of esters is 2. The Hall–Kier alpha value is -4.20. The first kappa shape index (κ1) is 42.5. The molecular formula is C36H44ClNO16. The topological polar surface area (TPSA) is 245 Å². The SMILES string of the molecule is COc1cccc2c1C(=O)c1c(O)c3c(c(O)c1C2=O)C[C@@](O)(C(=O)CO)CC3OC1CC(N(C)CCOCC(OC(C)=O)OC(C)=O)C(O)C(C)O1.Cl. The van der Waals surface area contributed by atoms with Gasteiger partial charge in [0.25, 0.3) is 6.29 Å². The molecule has 54 heavy (non-hydrogen) atoms. The zero-order valence-electron chi connectivity index (χ0n) is 30.2. The summed E-state index contributed by atoms with van der Waals surface area (Å²) >= 11 is 0. The number of hydrogen-bond acceptors (Lipinski definition) is 17. The largest absolute Gasteiger partial charge is 0.507 e. The van der Waals surface area contributed by atoms with Crippen LogP contribution in [-0.4, -0.2) is 137 Å². The minimum Gasteiger partial charge on any atom is -0.507 e. The van der Waals surface area contributed by atoms with E-state index in [1.165, 1.54) is 25.3 Å². The summed E-state index contributed by atoms with van der Waals surface area (Å²) in [5.41, 5.74) is -3.95. The fourth-order valence-corrected chi connectivity index (χ4v) is 7.15. The molecule has 18 heteroatoms. The van der Waals surface area contributed by atoms with E-state index in [-0.39, 0.29) is 66.6 Å². The summed E-state index contributed by atoms with van der Waals surface area (Å²) < 4.78 is 33.0. The van der Waals surface area contributed by atoms with Crippen LogP contribution in [0.15, 0.2) is 18.2 Å². The molecule has 17 nitrogen and oxygen atoms in total. The maximum Gasteiger partial charge on any atom is 0.305 e. The molecule has 5 N–H and O–H groups in total. The Morgan fingerprint density at radius 2 is 1.69 bits per heavy atom. The number of likely N-dealkylation sites (N-methyl/N-ethyl adjacent to an activating group) is 1. The highest BCUT2D eigenvalue weighted by Crippen LogP contribution is 2.52. The molecule has 3 aliphatic rings. The van der Waals surface area contributed by atoms with Crippen LogP contribution >= 0.6 is 12.4 Å². The molecular weight excluding hydrogens is 738 g/mol. The van der Waals surface area contributed by atoms with Crippen molar-refractivity contribution in [3.63, 3.8) is 0 Å². The molecule has 0 bridgehead atoms. The van der Waals surface area contributed by atoms with Gasteiger partial charge in [0.2, 0.25) is 5.78 Å². The summed E-state index contributed by atoms with van der Waals surface area (Å²) in [4.78, 5) is 65.0. The number of ketones is 3. The Bertz CT molecular complexity index is 1780. The number of halogens is 1. The van der Waals surface area contributed by atoms with Gasteiger partial charge in [-0.3, -0.25) is 28.9 Å². The number of benzene rings is 2. The van der Waals surface area contributed by atoms with Crippen molar-refractivity contribution in [3.05, 3.63) is 51.6 Å². The molecule has 0 spiro atoms. The molecule has 2 aromatic carbocycles. The van der Waals surface area contributed by atoms with Gasteiger partial charge in [-0.2, -0.15) is 0 Å². The molecule has 0 saturated carbocycles. The highest BCUT2D eigenvalue weighted by atomic mass is 35.5. The Labute approximate surface area is 316 Å².